The Morgan fingerprint density at radius 3 is 0.807 bits per heavy atom. The number of halogens is 7. The van der Waals surface area contributed by atoms with Crippen LogP contribution in [0, 0.1) is 29.1 Å². The van der Waals surface area contributed by atoms with E-state index < -0.39 is 43.7 Å². The van der Waals surface area contributed by atoms with Crippen LogP contribution in [0.15, 0.2) is 216 Å². The molecule has 0 radical (unpaired) electrons. The van der Waals surface area contributed by atoms with Crippen LogP contribution in [-0.2, 0) is 0 Å². The van der Waals surface area contributed by atoms with Gasteiger partial charge in [0.25, 0.3) is 0 Å². The monoisotopic (exact) mass is 1850 g/mol. The highest BCUT2D eigenvalue weighted by atomic mass is 19.2. The lowest BCUT2D eigenvalue weighted by Crippen LogP contribution is -2.36. The maximum Gasteiger partial charge on any atom is 0.166 e. The fourth-order valence-corrected chi connectivity index (χ4v) is 15.4. The molecule has 13 N–H and O–H groups in total. The number of aliphatic hydroxyl groups excluding tert-OH is 3. The molecular weight excluding hydrogens is 1750 g/mol. The molecule has 0 amide bonds. The van der Waals surface area contributed by atoms with E-state index in [9.17, 15) is 46.1 Å². The Kier molecular flexibility index (Phi) is 28.1. The number of ether oxygens (including phenoxy) is 5. The highest BCUT2D eigenvalue weighted by Gasteiger charge is 2.29. The number of rotatable bonds is 5. The number of hydrogen-bond donors (Lipinski definition) is 13. The fraction of sp³-hybridized carbons (Fsp3) is 0.263. The predicted octanol–water partition coefficient (Wildman–Crippen LogP) is 13.7. The highest BCUT2D eigenvalue weighted by molar-refractivity contribution is 5.78. The van der Waals surface area contributed by atoms with Gasteiger partial charge in [0.15, 0.2) is 28.2 Å². The first kappa shape index (κ1) is 92.6. The van der Waals surface area contributed by atoms with Gasteiger partial charge in [0.05, 0.1) is 141 Å². The average Bonchev–Trinajstić information content (AvgIpc) is 1.70. The van der Waals surface area contributed by atoms with Crippen LogP contribution in [0.25, 0.3) is 56.7 Å². The molecule has 135 heavy (non-hydrogen) atoms. The minimum Gasteiger partial charge on any atom is -0.491 e. The number of fused-ring (bicyclic) bond motifs is 10. The average molecular weight is 1850 g/mol. The van der Waals surface area contributed by atoms with Gasteiger partial charge in [-0.05, 0) is 156 Å². The molecule has 0 aliphatic carbocycles. The normalized spacial score (nSPS) is 19.9. The Bertz CT molecular complexity index is 6350. The van der Waals surface area contributed by atoms with E-state index in [0.717, 1.165) is 16.7 Å². The number of benzene rings is 5. The van der Waals surface area contributed by atoms with Crippen LogP contribution >= 0.6 is 0 Å². The summed E-state index contributed by atoms with van der Waals surface area (Å²) in [4.78, 5) is 23.0. The van der Waals surface area contributed by atoms with Crippen molar-refractivity contribution in [3.63, 3.8) is 0 Å². The highest BCUT2D eigenvalue weighted by Crippen LogP contribution is 2.38. The number of nitrogens with one attached hydrogen (secondary N) is 10. The van der Waals surface area contributed by atoms with Gasteiger partial charge in [-0.3, -0.25) is 0 Å². The zero-order valence-corrected chi connectivity index (χ0v) is 73.9. The van der Waals surface area contributed by atoms with Gasteiger partial charge in [0.1, 0.15) is 132 Å². The van der Waals surface area contributed by atoms with Crippen molar-refractivity contribution in [2.45, 2.75) is 95.2 Å². The molecule has 33 nitrogen and oxygen atoms in total. The minimum absolute atomic E-state index is 0.152. The van der Waals surface area contributed by atoms with Crippen molar-refractivity contribution in [1.82, 2.24) is 99.6 Å². The van der Waals surface area contributed by atoms with Crippen LogP contribution in [0.3, 0.4) is 0 Å². The Balaban J connectivity index is 0.000000123. The summed E-state index contributed by atoms with van der Waals surface area (Å²) in [5.74, 6) is 3.69. The van der Waals surface area contributed by atoms with Crippen molar-refractivity contribution in [2.24, 2.45) is 0 Å². The first-order chi connectivity index (χ1) is 65.2. The lowest BCUT2D eigenvalue weighted by Gasteiger charge is -2.23. The second-order valence-electron chi connectivity index (χ2n) is 32.4. The van der Waals surface area contributed by atoms with Crippen LogP contribution < -0.4 is 76.9 Å². The van der Waals surface area contributed by atoms with Crippen LogP contribution in [-0.4, -0.2) is 185 Å². The second kappa shape index (κ2) is 41.0. The molecule has 700 valence electrons. The summed E-state index contributed by atoms with van der Waals surface area (Å²) in [7, 11) is 0. The molecular formula is C95H98F7N25O8. The number of aromatic nitrogens is 15. The van der Waals surface area contributed by atoms with E-state index >= 15 is 0 Å². The SMILES string of the molecule is C=C1NC[C@@H](CF)Oc2ccc(F)cc2[C@@H](C)Nc2ccn3ncc1c3n2.C=C1NC[C@@H](CO)Oc2ccc(F)cc2[C@@H](C)Nc2ccn3ncc1c3n2.C=C1NC[C@H](CF)Oc2ccc(F)cc2[C@@H](C)Nc2ccn3ncc1c3n2.C=C1N[C@@H](CO)COc2ccc(F)cc2[C@@H](C)Nc2ccn3ncc1c3n2.C=C1N[C@H](CO)COc2ccc(F)cc2[C@@H](C)Nc2ccn3ncc1c3n2. The minimum atomic E-state index is -0.749. The third-order valence-electron chi connectivity index (χ3n) is 22.6. The van der Waals surface area contributed by atoms with Crippen molar-refractivity contribution in [3.05, 3.63) is 301 Å². The van der Waals surface area contributed by atoms with Crippen molar-refractivity contribution in [1.29, 1.82) is 0 Å². The molecule has 0 unspecified atom stereocenters. The van der Waals surface area contributed by atoms with Crippen molar-refractivity contribution >= 4 is 85.8 Å². The van der Waals surface area contributed by atoms with Crippen LogP contribution in [0.1, 0.15) is 120 Å². The molecule has 15 heterocycles. The summed E-state index contributed by atoms with van der Waals surface area (Å²) in [6.45, 7) is 28.8. The van der Waals surface area contributed by atoms with E-state index in [4.69, 9.17) is 23.7 Å². The Morgan fingerprint density at radius 2 is 0.556 bits per heavy atom. The van der Waals surface area contributed by atoms with E-state index in [1.165, 1.54) is 72.8 Å². The van der Waals surface area contributed by atoms with Crippen LogP contribution in [0.5, 0.6) is 28.7 Å². The topological polar surface area (TPSA) is 378 Å². The molecule has 0 saturated heterocycles. The number of anilines is 5. The van der Waals surface area contributed by atoms with E-state index in [0.29, 0.717) is 160 Å². The van der Waals surface area contributed by atoms with Gasteiger partial charge in [0, 0.05) is 87.3 Å². The molecule has 5 aliphatic heterocycles. The molecule has 10 atom stereocenters. The maximum absolute atomic E-state index is 13.9. The zero-order chi connectivity index (χ0) is 94.8. The van der Waals surface area contributed by atoms with Crippen LogP contribution in [0.4, 0.5) is 59.8 Å². The number of hydrogen-bond acceptors (Lipinski definition) is 28. The van der Waals surface area contributed by atoms with E-state index in [1.54, 1.807) is 133 Å². The molecule has 0 saturated carbocycles. The van der Waals surface area contributed by atoms with Crippen LogP contribution in [0.2, 0.25) is 0 Å². The predicted molar refractivity (Wildman–Crippen MR) is 498 cm³/mol. The van der Waals surface area contributed by atoms with Gasteiger partial charge in [-0.15, -0.1) is 0 Å². The lowest BCUT2D eigenvalue weighted by atomic mass is 10.1. The molecule has 10 aromatic heterocycles. The molecule has 15 aromatic rings. The molecule has 20 rings (SSSR count). The molecule has 5 aliphatic rings. The first-order valence-electron chi connectivity index (χ1n) is 43.2. The fourth-order valence-electron chi connectivity index (χ4n) is 15.4. The summed E-state index contributed by atoms with van der Waals surface area (Å²) in [6, 6.07) is 28.3. The van der Waals surface area contributed by atoms with Crippen molar-refractivity contribution < 1.29 is 69.7 Å². The quantitative estimate of drug-likeness (QED) is 0.0712. The van der Waals surface area contributed by atoms with Gasteiger partial charge in [-0.2, -0.15) is 25.5 Å². The maximum atomic E-state index is 13.9. The third kappa shape index (κ3) is 21.3. The Labute approximate surface area is 769 Å². The third-order valence-corrected chi connectivity index (χ3v) is 22.6. The summed E-state index contributed by atoms with van der Waals surface area (Å²) < 4.78 is 134. The molecule has 5 aromatic carbocycles. The standard InChI is InChI=1S/2C19H19F2N5O.3C19H20FN5O2/c2*1-11-16-10-23-26-6-5-18(25-19(16)26)24-12(2)15-7-13(21)3-4-17(15)27-14(8-20)9-22-11;2*1-11-15-7-13(20)3-4-17(15)27-10-14(9-26)22-12(2)16-8-21-25-6-5-18(23-11)24-19(16)25;1-11-16-9-22-25-6-5-18(24-19(16)25)23-12(2)15-7-13(20)3-4-17(15)27-14(10-26)8-21-11/h2*3-7,10,12,14,22H,1,8-9H2,2H3,(H,24,25);2*3-8,11,14,22,26H,2,9-10H2,1H3,(H,23,24);3-7,9,12,14,21,26H,1,8,10H2,2H3,(H,23,24)/t12-,14+;12-,14-;11-,14+;11-,14-;12-,14+/m11111/s1. The first-order valence-corrected chi connectivity index (χ1v) is 43.2. The van der Waals surface area contributed by atoms with Gasteiger partial charge in [-0.25, -0.2) is 78.2 Å². The Hall–Kier alpha value is -15.7. The van der Waals surface area contributed by atoms with E-state index in [1.807, 2.05) is 34.6 Å². The lowest BCUT2D eigenvalue weighted by molar-refractivity contribution is 0.116. The van der Waals surface area contributed by atoms with Crippen molar-refractivity contribution in [2.75, 3.05) is 92.6 Å². The van der Waals surface area contributed by atoms with Gasteiger partial charge < -0.3 is 92.2 Å². The summed E-state index contributed by atoms with van der Waals surface area (Å²) in [5, 5.41) is 82.4. The summed E-state index contributed by atoms with van der Waals surface area (Å²) in [6.07, 6.45) is 15.2. The van der Waals surface area contributed by atoms with E-state index in [-0.39, 0.29) is 105 Å². The molecule has 0 spiro atoms. The molecule has 40 heteroatoms. The largest absolute Gasteiger partial charge is 0.491 e. The van der Waals surface area contributed by atoms with Crippen molar-refractivity contribution in [3.8, 4) is 28.7 Å². The number of alkyl halides is 2. The zero-order valence-electron chi connectivity index (χ0n) is 73.9. The molecule has 10 bridgehead atoms. The Morgan fingerprint density at radius 1 is 0.319 bits per heavy atom. The molecule has 0 fully saturated rings. The smallest absolute Gasteiger partial charge is 0.166 e. The summed E-state index contributed by atoms with van der Waals surface area (Å²) in [5.41, 5.74) is 12.9. The number of aliphatic hydroxyl groups is 3. The van der Waals surface area contributed by atoms with Gasteiger partial charge in [-0.1, -0.05) is 32.9 Å². The summed E-state index contributed by atoms with van der Waals surface area (Å²) >= 11 is 0. The second-order valence-corrected chi connectivity index (χ2v) is 32.4. The van der Waals surface area contributed by atoms with Gasteiger partial charge >= 0.3 is 0 Å². The number of nitrogens with zero attached hydrogens (tertiary/aromatic N) is 15. The van der Waals surface area contributed by atoms with E-state index in [2.05, 4.69) is 136 Å². The van der Waals surface area contributed by atoms with Gasteiger partial charge in [0.2, 0.25) is 0 Å².